The molecule has 2 fully saturated rings. The molecule has 0 bridgehead atoms. The minimum absolute atomic E-state index is 0.0667. The topological polar surface area (TPSA) is 92.6 Å². The summed E-state index contributed by atoms with van der Waals surface area (Å²) in [6, 6.07) is 5.48. The van der Waals surface area contributed by atoms with E-state index in [0.717, 1.165) is 17.5 Å². The molecule has 2 aliphatic heterocycles. The van der Waals surface area contributed by atoms with Gasteiger partial charge in [-0.2, -0.15) is 8.61 Å². The summed E-state index contributed by atoms with van der Waals surface area (Å²) in [4.78, 5) is 4.37. The number of hydrogen-bond acceptors (Lipinski definition) is 5. The lowest BCUT2D eigenvalue weighted by Crippen LogP contribution is -2.44. The summed E-state index contributed by atoms with van der Waals surface area (Å²) in [5.74, 6) is 0. The Balaban J connectivity index is 1.48. The fourth-order valence-corrected chi connectivity index (χ4v) is 7.76. The molecule has 2 saturated heterocycles. The lowest BCUT2D eigenvalue weighted by atomic mass is 9.78. The SMILES string of the molecule is Cc1ccc(C)c(S(=O)(=O)N2CCC3(CCN(S(=O)(=O)c4cn(C)cn4)C3)CC2)c1. The lowest BCUT2D eigenvalue weighted by molar-refractivity contribution is 0.167. The second-order valence-corrected chi connectivity index (χ2v) is 12.4. The molecule has 1 aromatic heterocycles. The second kappa shape index (κ2) is 7.44. The van der Waals surface area contributed by atoms with Crippen molar-refractivity contribution in [2.45, 2.75) is 43.0 Å². The minimum Gasteiger partial charge on any atom is -0.339 e. The van der Waals surface area contributed by atoms with Gasteiger partial charge in [-0.15, -0.1) is 0 Å². The van der Waals surface area contributed by atoms with Crippen LogP contribution in [-0.2, 0) is 27.1 Å². The number of aryl methyl sites for hydroxylation is 3. The van der Waals surface area contributed by atoms with Crippen LogP contribution in [0, 0.1) is 19.3 Å². The van der Waals surface area contributed by atoms with Crippen LogP contribution in [0.15, 0.2) is 40.6 Å². The molecule has 0 atom stereocenters. The third kappa shape index (κ3) is 3.70. The van der Waals surface area contributed by atoms with Crippen molar-refractivity contribution in [3.8, 4) is 0 Å². The van der Waals surface area contributed by atoms with Gasteiger partial charge in [-0.25, -0.2) is 21.8 Å². The maximum Gasteiger partial charge on any atom is 0.262 e. The average molecular weight is 453 g/mol. The highest BCUT2D eigenvalue weighted by Gasteiger charge is 2.46. The standard InChI is InChI=1S/C20H28N4O4S2/c1-16-4-5-17(2)18(12-16)29(25,26)23-9-6-20(7-10-23)8-11-24(14-20)30(27,28)19-13-22(3)15-21-19/h4-5,12-13,15H,6-11,14H2,1-3H3. The Morgan fingerprint density at radius 2 is 1.57 bits per heavy atom. The van der Waals surface area contributed by atoms with Crippen molar-refractivity contribution in [2.24, 2.45) is 12.5 Å². The second-order valence-electron chi connectivity index (χ2n) is 8.64. The molecular formula is C20H28N4O4S2. The van der Waals surface area contributed by atoms with Gasteiger partial charge in [0.25, 0.3) is 10.0 Å². The summed E-state index contributed by atoms with van der Waals surface area (Å²) in [5.41, 5.74) is 1.49. The highest BCUT2D eigenvalue weighted by atomic mass is 32.2. The maximum atomic E-state index is 13.2. The molecular weight excluding hydrogens is 424 g/mol. The molecule has 164 valence electrons. The zero-order valence-electron chi connectivity index (χ0n) is 17.6. The zero-order chi connectivity index (χ0) is 21.7. The van der Waals surface area contributed by atoms with Crippen LogP contribution in [0.1, 0.15) is 30.4 Å². The minimum atomic E-state index is -3.62. The van der Waals surface area contributed by atoms with Crippen LogP contribution in [0.4, 0.5) is 0 Å². The van der Waals surface area contributed by atoms with Gasteiger partial charge in [0.1, 0.15) is 0 Å². The van der Waals surface area contributed by atoms with E-state index < -0.39 is 20.0 Å². The first kappa shape index (κ1) is 21.5. The number of aromatic nitrogens is 2. The van der Waals surface area contributed by atoms with Gasteiger partial charge < -0.3 is 4.57 Å². The van der Waals surface area contributed by atoms with Crippen LogP contribution < -0.4 is 0 Å². The van der Waals surface area contributed by atoms with Crippen molar-refractivity contribution in [1.82, 2.24) is 18.2 Å². The first-order valence-corrected chi connectivity index (χ1v) is 13.0. The van der Waals surface area contributed by atoms with Crippen LogP contribution in [-0.4, -0.2) is 61.2 Å². The van der Waals surface area contributed by atoms with Crippen LogP contribution in [0.3, 0.4) is 0 Å². The Morgan fingerprint density at radius 1 is 0.933 bits per heavy atom. The van der Waals surface area contributed by atoms with Crippen LogP contribution in [0.2, 0.25) is 0 Å². The average Bonchev–Trinajstić information content (AvgIpc) is 3.32. The molecule has 30 heavy (non-hydrogen) atoms. The first-order valence-electron chi connectivity index (χ1n) is 10.1. The predicted octanol–water partition coefficient (Wildman–Crippen LogP) is 1.90. The third-order valence-electron chi connectivity index (χ3n) is 6.43. The summed E-state index contributed by atoms with van der Waals surface area (Å²) >= 11 is 0. The zero-order valence-corrected chi connectivity index (χ0v) is 19.2. The summed E-state index contributed by atoms with van der Waals surface area (Å²) < 4.78 is 56.8. The third-order valence-corrected chi connectivity index (χ3v) is 10.2. The van der Waals surface area contributed by atoms with Gasteiger partial charge >= 0.3 is 0 Å². The Bertz CT molecular complexity index is 1160. The van der Waals surface area contributed by atoms with E-state index in [-0.39, 0.29) is 10.4 Å². The van der Waals surface area contributed by atoms with Crippen molar-refractivity contribution >= 4 is 20.0 Å². The molecule has 2 aliphatic rings. The lowest BCUT2D eigenvalue weighted by Gasteiger charge is -2.38. The molecule has 4 rings (SSSR count). The Kier molecular flexibility index (Phi) is 5.32. The van der Waals surface area contributed by atoms with E-state index in [4.69, 9.17) is 0 Å². The molecule has 0 N–H and O–H groups in total. The van der Waals surface area contributed by atoms with Gasteiger partial charge in [-0.05, 0) is 55.7 Å². The number of benzene rings is 1. The van der Waals surface area contributed by atoms with E-state index in [9.17, 15) is 16.8 Å². The Hall–Kier alpha value is -1.75. The van der Waals surface area contributed by atoms with Gasteiger partial charge in [0.2, 0.25) is 10.0 Å². The first-order chi connectivity index (χ1) is 14.0. The van der Waals surface area contributed by atoms with Gasteiger partial charge in [-0.3, -0.25) is 0 Å². The molecule has 1 aromatic carbocycles. The Labute approximate surface area is 178 Å². The van der Waals surface area contributed by atoms with Crippen molar-refractivity contribution in [3.63, 3.8) is 0 Å². The van der Waals surface area contributed by atoms with Gasteiger partial charge in [0.05, 0.1) is 11.2 Å². The summed E-state index contributed by atoms with van der Waals surface area (Å²) in [5, 5.41) is 0.0667. The van der Waals surface area contributed by atoms with Crippen LogP contribution in [0.5, 0.6) is 0 Å². The van der Waals surface area contributed by atoms with Crippen molar-refractivity contribution < 1.29 is 16.8 Å². The van der Waals surface area contributed by atoms with E-state index in [1.165, 1.54) is 16.8 Å². The summed E-state index contributed by atoms with van der Waals surface area (Å²) in [6.07, 6.45) is 5.06. The van der Waals surface area contributed by atoms with E-state index >= 15 is 0 Å². The van der Waals surface area contributed by atoms with Gasteiger partial charge in [0, 0.05) is 39.4 Å². The van der Waals surface area contributed by atoms with E-state index in [0.29, 0.717) is 43.9 Å². The van der Waals surface area contributed by atoms with Crippen LogP contribution in [0.25, 0.3) is 0 Å². The number of imidazole rings is 1. The normalized spacial score (nSPS) is 20.8. The largest absolute Gasteiger partial charge is 0.339 e. The number of rotatable bonds is 4. The van der Waals surface area contributed by atoms with Gasteiger partial charge in [-0.1, -0.05) is 12.1 Å². The molecule has 8 nitrogen and oxygen atoms in total. The number of nitrogens with zero attached hydrogens (tertiary/aromatic N) is 4. The molecule has 0 unspecified atom stereocenters. The monoisotopic (exact) mass is 452 g/mol. The van der Waals surface area contributed by atoms with Gasteiger partial charge in [0.15, 0.2) is 5.03 Å². The van der Waals surface area contributed by atoms with Crippen molar-refractivity contribution in [3.05, 3.63) is 41.9 Å². The van der Waals surface area contributed by atoms with Crippen LogP contribution >= 0.6 is 0 Å². The highest BCUT2D eigenvalue weighted by molar-refractivity contribution is 7.89. The Morgan fingerprint density at radius 3 is 2.17 bits per heavy atom. The highest BCUT2D eigenvalue weighted by Crippen LogP contribution is 2.43. The van der Waals surface area contributed by atoms with E-state index in [2.05, 4.69) is 4.98 Å². The number of hydrogen-bond donors (Lipinski definition) is 0. The maximum absolute atomic E-state index is 13.2. The molecule has 0 radical (unpaired) electrons. The number of sulfonamides is 2. The van der Waals surface area contributed by atoms with E-state index in [1.807, 2.05) is 26.0 Å². The predicted molar refractivity (Wildman–Crippen MR) is 113 cm³/mol. The molecule has 0 aliphatic carbocycles. The summed E-state index contributed by atoms with van der Waals surface area (Å²) in [6.45, 7) is 5.39. The fourth-order valence-electron chi connectivity index (χ4n) is 4.49. The molecule has 3 heterocycles. The molecule has 1 spiro atoms. The molecule has 2 aromatic rings. The van der Waals surface area contributed by atoms with Crippen molar-refractivity contribution in [2.75, 3.05) is 26.2 Å². The summed E-state index contributed by atoms with van der Waals surface area (Å²) in [7, 11) is -5.43. The number of piperidine rings is 1. The molecule has 0 amide bonds. The fraction of sp³-hybridized carbons (Fsp3) is 0.550. The molecule has 10 heteroatoms. The van der Waals surface area contributed by atoms with Crippen molar-refractivity contribution in [1.29, 1.82) is 0 Å². The smallest absolute Gasteiger partial charge is 0.262 e. The quantitative estimate of drug-likeness (QED) is 0.706. The molecule has 0 saturated carbocycles. The van der Waals surface area contributed by atoms with E-state index in [1.54, 1.807) is 22.0 Å².